The van der Waals surface area contributed by atoms with Crippen LogP contribution in [0.2, 0.25) is 0 Å². The minimum absolute atomic E-state index is 0.135. The van der Waals surface area contributed by atoms with E-state index in [1.165, 1.54) is 23.9 Å². The molecule has 0 aliphatic carbocycles. The van der Waals surface area contributed by atoms with Crippen molar-refractivity contribution in [1.82, 2.24) is 0 Å². The van der Waals surface area contributed by atoms with Crippen molar-refractivity contribution in [1.29, 1.82) is 0 Å². The number of hydrogen-bond acceptors (Lipinski definition) is 4. The number of rotatable bonds is 3. The van der Waals surface area contributed by atoms with Gasteiger partial charge in [0, 0.05) is 11.4 Å². The number of thioether (sulfide) groups is 2. The molecule has 6 heteroatoms. The van der Waals surface area contributed by atoms with Crippen LogP contribution in [0.4, 0.5) is 10.1 Å². The minimum Gasteiger partial charge on any atom is -0.325 e. The molecular weight excluding hydrogens is 271 g/mol. The van der Waals surface area contributed by atoms with Crippen LogP contribution < -0.4 is 5.32 Å². The molecule has 1 heterocycles. The first-order chi connectivity index (χ1) is 8.65. The number of carbonyl (C=O) groups is 1. The third-order valence-electron chi connectivity index (χ3n) is 2.36. The van der Waals surface area contributed by atoms with Crippen LogP contribution in [0.5, 0.6) is 0 Å². The molecule has 1 aliphatic heterocycles. The molecule has 0 bridgehead atoms. The first-order valence-corrected chi connectivity index (χ1v) is 7.48. The maximum absolute atomic E-state index is 13.1. The number of carbonyl (C=O) groups excluding carboxylic acids is 1. The van der Waals surface area contributed by atoms with Gasteiger partial charge >= 0.3 is 0 Å². The van der Waals surface area contributed by atoms with Crippen molar-refractivity contribution in [3.63, 3.8) is 0 Å². The molecule has 0 radical (unpaired) electrons. The fraction of sp³-hybridized carbons (Fsp3) is 0.333. The zero-order valence-electron chi connectivity index (χ0n) is 9.90. The van der Waals surface area contributed by atoms with Gasteiger partial charge in [-0.25, -0.2) is 4.39 Å². The van der Waals surface area contributed by atoms with E-state index in [9.17, 15) is 9.18 Å². The summed E-state index contributed by atoms with van der Waals surface area (Å²) in [5, 5.41) is 2.71. The summed E-state index contributed by atoms with van der Waals surface area (Å²) in [5.74, 6) is 0.817. The Morgan fingerprint density at radius 1 is 1.61 bits per heavy atom. The molecular formula is C12H13FN2OS2. The fourth-order valence-corrected chi connectivity index (χ4v) is 3.25. The Morgan fingerprint density at radius 2 is 2.44 bits per heavy atom. The molecule has 96 valence electrons. The van der Waals surface area contributed by atoms with Crippen LogP contribution in [-0.2, 0) is 4.79 Å². The van der Waals surface area contributed by atoms with Crippen molar-refractivity contribution >= 4 is 39.5 Å². The van der Waals surface area contributed by atoms with Gasteiger partial charge in [-0.05, 0) is 24.6 Å². The number of nitrogens with one attached hydrogen (secondary N) is 1. The number of benzene rings is 1. The van der Waals surface area contributed by atoms with E-state index in [-0.39, 0.29) is 11.7 Å². The van der Waals surface area contributed by atoms with Gasteiger partial charge in [0.25, 0.3) is 0 Å². The lowest BCUT2D eigenvalue weighted by Crippen LogP contribution is -2.15. The summed E-state index contributed by atoms with van der Waals surface area (Å²) in [7, 11) is 0. The standard InChI is InChI=1S/C12H13FN2OS2/c1-8-2-3-9(13)6-10(8)15-11(16)7-18-12-14-4-5-17-12/h2-3,6H,4-5,7H2,1H3,(H,15,16). The van der Waals surface area contributed by atoms with Gasteiger partial charge in [-0.15, -0.1) is 0 Å². The molecule has 1 aliphatic rings. The molecule has 1 amide bonds. The number of aliphatic imine (C=N–C) groups is 1. The smallest absolute Gasteiger partial charge is 0.234 e. The number of halogens is 1. The molecule has 2 rings (SSSR count). The molecule has 0 saturated heterocycles. The molecule has 0 atom stereocenters. The van der Waals surface area contributed by atoms with Gasteiger partial charge < -0.3 is 5.32 Å². The van der Waals surface area contributed by atoms with Crippen LogP contribution in [0.3, 0.4) is 0 Å². The maximum Gasteiger partial charge on any atom is 0.234 e. The van der Waals surface area contributed by atoms with Crippen molar-refractivity contribution in [2.75, 3.05) is 23.4 Å². The second-order valence-corrected chi connectivity index (χ2v) is 6.10. The molecule has 3 nitrogen and oxygen atoms in total. The third-order valence-corrected chi connectivity index (χ3v) is 4.61. The van der Waals surface area contributed by atoms with E-state index in [1.807, 2.05) is 6.92 Å². The Kier molecular flexibility index (Phi) is 4.66. The normalized spacial score (nSPS) is 14.4. The highest BCUT2D eigenvalue weighted by Gasteiger charge is 2.11. The number of nitrogens with zero attached hydrogens (tertiary/aromatic N) is 1. The largest absolute Gasteiger partial charge is 0.325 e. The summed E-state index contributed by atoms with van der Waals surface area (Å²) in [6.45, 7) is 2.66. The number of aryl methyl sites for hydroxylation is 1. The third kappa shape index (κ3) is 3.74. The Hall–Kier alpha value is -1.01. The zero-order valence-corrected chi connectivity index (χ0v) is 11.5. The van der Waals surface area contributed by atoms with Gasteiger partial charge in [-0.3, -0.25) is 9.79 Å². The summed E-state index contributed by atoms with van der Waals surface area (Å²) in [6, 6.07) is 4.36. The monoisotopic (exact) mass is 284 g/mol. The molecule has 1 aromatic carbocycles. The molecule has 0 aromatic heterocycles. The van der Waals surface area contributed by atoms with Crippen molar-refractivity contribution < 1.29 is 9.18 Å². The molecule has 18 heavy (non-hydrogen) atoms. The van der Waals surface area contributed by atoms with Crippen molar-refractivity contribution in [3.05, 3.63) is 29.6 Å². The predicted molar refractivity (Wildman–Crippen MR) is 77.0 cm³/mol. The Bertz CT molecular complexity index is 491. The summed E-state index contributed by atoms with van der Waals surface area (Å²) < 4.78 is 14.0. The molecule has 0 unspecified atom stereocenters. The minimum atomic E-state index is -0.348. The van der Waals surface area contributed by atoms with Crippen LogP contribution in [-0.4, -0.2) is 28.3 Å². The second kappa shape index (κ2) is 6.24. The first-order valence-electron chi connectivity index (χ1n) is 5.51. The summed E-state index contributed by atoms with van der Waals surface area (Å²) in [5.41, 5.74) is 1.38. The highest BCUT2D eigenvalue weighted by molar-refractivity contribution is 8.39. The van der Waals surface area contributed by atoms with Gasteiger partial charge in [0.15, 0.2) is 0 Å². The van der Waals surface area contributed by atoms with E-state index in [2.05, 4.69) is 10.3 Å². The lowest BCUT2D eigenvalue weighted by molar-refractivity contribution is -0.113. The van der Waals surface area contributed by atoms with Crippen molar-refractivity contribution in [2.24, 2.45) is 4.99 Å². The summed E-state index contributed by atoms with van der Waals surface area (Å²) in [6.07, 6.45) is 0. The van der Waals surface area contributed by atoms with E-state index in [1.54, 1.807) is 17.8 Å². The second-order valence-electron chi connectivity index (χ2n) is 3.79. The van der Waals surface area contributed by atoms with Gasteiger partial charge in [0.2, 0.25) is 5.91 Å². The highest BCUT2D eigenvalue weighted by atomic mass is 32.2. The van der Waals surface area contributed by atoms with Crippen LogP contribution in [0.25, 0.3) is 0 Å². The Morgan fingerprint density at radius 3 is 3.17 bits per heavy atom. The fourth-order valence-electron chi connectivity index (χ4n) is 1.45. The van der Waals surface area contributed by atoms with Crippen molar-refractivity contribution in [3.8, 4) is 0 Å². The summed E-state index contributed by atoms with van der Waals surface area (Å²) in [4.78, 5) is 16.0. The van der Waals surface area contributed by atoms with Gasteiger partial charge in [-0.2, -0.15) is 0 Å². The molecule has 1 aromatic rings. The average Bonchev–Trinajstić information content (AvgIpc) is 2.84. The highest BCUT2D eigenvalue weighted by Crippen LogP contribution is 2.22. The maximum atomic E-state index is 13.1. The molecule has 1 N–H and O–H groups in total. The average molecular weight is 284 g/mol. The number of anilines is 1. The molecule has 0 fully saturated rings. The van der Waals surface area contributed by atoms with E-state index >= 15 is 0 Å². The molecule has 0 saturated carbocycles. The van der Waals surface area contributed by atoms with E-state index in [0.717, 1.165) is 22.2 Å². The quantitative estimate of drug-likeness (QED) is 0.928. The lowest BCUT2D eigenvalue weighted by atomic mass is 10.2. The first kappa shape index (κ1) is 13.4. The predicted octanol–water partition coefficient (Wildman–Crippen LogP) is 2.91. The van der Waals surface area contributed by atoms with Gasteiger partial charge in [0.05, 0.1) is 12.3 Å². The summed E-state index contributed by atoms with van der Waals surface area (Å²) >= 11 is 3.10. The van der Waals surface area contributed by atoms with Crippen LogP contribution in [0.15, 0.2) is 23.2 Å². The SMILES string of the molecule is Cc1ccc(F)cc1NC(=O)CSC1=NCCS1. The molecule has 0 spiro atoms. The number of hydrogen-bond donors (Lipinski definition) is 1. The number of amides is 1. The van der Waals surface area contributed by atoms with E-state index < -0.39 is 0 Å². The lowest BCUT2D eigenvalue weighted by Gasteiger charge is -2.08. The van der Waals surface area contributed by atoms with Gasteiger partial charge in [0.1, 0.15) is 10.2 Å². The Balaban J connectivity index is 1.88. The topological polar surface area (TPSA) is 41.5 Å². The van der Waals surface area contributed by atoms with Crippen LogP contribution in [0.1, 0.15) is 5.56 Å². The van der Waals surface area contributed by atoms with Crippen LogP contribution >= 0.6 is 23.5 Å². The van der Waals surface area contributed by atoms with E-state index in [0.29, 0.717) is 11.4 Å². The Labute approximate surface area is 114 Å². The van der Waals surface area contributed by atoms with Crippen LogP contribution in [0, 0.1) is 12.7 Å². The van der Waals surface area contributed by atoms with Gasteiger partial charge in [-0.1, -0.05) is 29.6 Å². The van der Waals surface area contributed by atoms with E-state index in [4.69, 9.17) is 0 Å². The zero-order chi connectivity index (χ0) is 13.0. The van der Waals surface area contributed by atoms with Crippen molar-refractivity contribution in [2.45, 2.75) is 6.92 Å².